The standard InChI is InChI=1S/C13H11N3O3S/c17-10(7-16-11(18)5-6-12(16)19)15-13-14-8-3-1-2-4-9(8)20-13/h1-4H,5-7H2,(H,14,15,17). The number of benzene rings is 1. The Balaban J connectivity index is 1.69. The monoisotopic (exact) mass is 289 g/mol. The Hall–Kier alpha value is -2.28. The number of nitrogens with one attached hydrogen (secondary N) is 1. The van der Waals surface area contributed by atoms with Crippen molar-refractivity contribution in [3.8, 4) is 0 Å². The third-order valence-electron chi connectivity index (χ3n) is 3.00. The van der Waals surface area contributed by atoms with Gasteiger partial charge in [0.2, 0.25) is 17.7 Å². The largest absolute Gasteiger partial charge is 0.300 e. The Bertz CT molecular complexity index is 661. The van der Waals surface area contributed by atoms with Crippen LogP contribution in [0.15, 0.2) is 24.3 Å². The molecule has 0 saturated carbocycles. The third-order valence-corrected chi connectivity index (χ3v) is 3.95. The summed E-state index contributed by atoms with van der Waals surface area (Å²) in [6.45, 7) is -0.242. The maximum Gasteiger partial charge on any atom is 0.246 e. The summed E-state index contributed by atoms with van der Waals surface area (Å²) >= 11 is 1.35. The maximum absolute atomic E-state index is 11.8. The van der Waals surface area contributed by atoms with Crippen LogP contribution in [0.5, 0.6) is 0 Å². The van der Waals surface area contributed by atoms with E-state index in [9.17, 15) is 14.4 Å². The highest BCUT2D eigenvalue weighted by Crippen LogP contribution is 2.25. The van der Waals surface area contributed by atoms with Gasteiger partial charge in [-0.25, -0.2) is 4.98 Å². The van der Waals surface area contributed by atoms with E-state index in [0.29, 0.717) is 5.13 Å². The molecule has 1 aliphatic rings. The molecule has 0 aliphatic carbocycles. The van der Waals surface area contributed by atoms with Crippen molar-refractivity contribution < 1.29 is 14.4 Å². The maximum atomic E-state index is 11.8. The molecule has 1 saturated heterocycles. The topological polar surface area (TPSA) is 79.4 Å². The van der Waals surface area contributed by atoms with Crippen LogP contribution in [0.25, 0.3) is 10.2 Å². The second-order valence-electron chi connectivity index (χ2n) is 4.41. The van der Waals surface area contributed by atoms with Crippen molar-refractivity contribution in [2.75, 3.05) is 11.9 Å². The van der Waals surface area contributed by atoms with E-state index in [4.69, 9.17) is 0 Å². The van der Waals surface area contributed by atoms with E-state index in [0.717, 1.165) is 15.1 Å². The number of nitrogens with zero attached hydrogens (tertiary/aromatic N) is 2. The van der Waals surface area contributed by atoms with Crippen LogP contribution in [0.1, 0.15) is 12.8 Å². The Labute approximate surface area is 118 Å². The molecule has 7 heteroatoms. The van der Waals surface area contributed by atoms with Crippen LogP contribution in [0.3, 0.4) is 0 Å². The highest BCUT2D eigenvalue weighted by atomic mass is 32.1. The molecular formula is C13H11N3O3S. The first-order valence-corrected chi connectivity index (χ1v) is 6.94. The fourth-order valence-corrected chi connectivity index (χ4v) is 2.91. The fourth-order valence-electron chi connectivity index (χ4n) is 2.03. The van der Waals surface area contributed by atoms with Gasteiger partial charge in [-0.05, 0) is 12.1 Å². The zero-order valence-corrected chi connectivity index (χ0v) is 11.3. The third kappa shape index (κ3) is 2.39. The van der Waals surface area contributed by atoms with Gasteiger partial charge in [0.15, 0.2) is 5.13 Å². The lowest BCUT2D eigenvalue weighted by Crippen LogP contribution is -2.36. The Morgan fingerprint density at radius 2 is 1.95 bits per heavy atom. The number of para-hydroxylation sites is 1. The number of rotatable bonds is 3. The molecule has 1 N–H and O–H groups in total. The molecule has 1 fully saturated rings. The molecular weight excluding hydrogens is 278 g/mol. The predicted molar refractivity (Wildman–Crippen MR) is 74.2 cm³/mol. The summed E-state index contributed by atoms with van der Waals surface area (Å²) in [6.07, 6.45) is 0.375. The van der Waals surface area contributed by atoms with Gasteiger partial charge in [-0.1, -0.05) is 23.5 Å². The van der Waals surface area contributed by atoms with Crippen molar-refractivity contribution in [3.63, 3.8) is 0 Å². The Morgan fingerprint density at radius 1 is 1.25 bits per heavy atom. The summed E-state index contributed by atoms with van der Waals surface area (Å²) in [4.78, 5) is 39.9. The van der Waals surface area contributed by atoms with Crippen LogP contribution in [-0.2, 0) is 14.4 Å². The smallest absolute Gasteiger partial charge is 0.246 e. The van der Waals surface area contributed by atoms with Gasteiger partial charge in [-0.3, -0.25) is 19.3 Å². The molecule has 1 aromatic heterocycles. The number of anilines is 1. The van der Waals surface area contributed by atoms with Crippen LogP contribution in [-0.4, -0.2) is 34.2 Å². The molecule has 0 bridgehead atoms. The molecule has 3 rings (SSSR count). The van der Waals surface area contributed by atoms with Gasteiger partial charge in [0.05, 0.1) is 10.2 Å². The minimum Gasteiger partial charge on any atom is -0.300 e. The van der Waals surface area contributed by atoms with E-state index in [-0.39, 0.29) is 31.2 Å². The summed E-state index contributed by atoms with van der Waals surface area (Å²) < 4.78 is 0.969. The molecule has 0 radical (unpaired) electrons. The van der Waals surface area contributed by atoms with Crippen LogP contribution in [0, 0.1) is 0 Å². The molecule has 2 aromatic rings. The van der Waals surface area contributed by atoms with Crippen LogP contribution in [0.2, 0.25) is 0 Å². The summed E-state index contributed by atoms with van der Waals surface area (Å²) in [5.74, 6) is -1.00. The minimum absolute atomic E-state index is 0.188. The molecule has 6 nitrogen and oxygen atoms in total. The number of aromatic nitrogens is 1. The van der Waals surface area contributed by atoms with E-state index in [1.807, 2.05) is 24.3 Å². The molecule has 0 spiro atoms. The molecule has 3 amide bonds. The van der Waals surface area contributed by atoms with Gasteiger partial charge in [0, 0.05) is 12.8 Å². The SMILES string of the molecule is O=C(CN1C(=O)CCC1=O)Nc1nc2ccccc2s1. The normalized spacial score (nSPS) is 15.1. The lowest BCUT2D eigenvalue weighted by molar-refractivity contribution is -0.141. The van der Waals surface area contributed by atoms with Crippen molar-refractivity contribution in [3.05, 3.63) is 24.3 Å². The predicted octanol–water partition coefficient (Wildman–Crippen LogP) is 1.38. The highest BCUT2D eigenvalue weighted by Gasteiger charge is 2.30. The first-order chi connectivity index (χ1) is 9.63. The summed E-state index contributed by atoms with van der Waals surface area (Å²) in [6, 6.07) is 7.54. The lowest BCUT2D eigenvalue weighted by Gasteiger charge is -2.12. The minimum atomic E-state index is -0.410. The quantitative estimate of drug-likeness (QED) is 0.866. The van der Waals surface area contributed by atoms with E-state index >= 15 is 0 Å². The van der Waals surface area contributed by atoms with Gasteiger partial charge >= 0.3 is 0 Å². The van der Waals surface area contributed by atoms with Gasteiger partial charge in [0.1, 0.15) is 6.54 Å². The van der Waals surface area contributed by atoms with Crippen molar-refractivity contribution in [2.24, 2.45) is 0 Å². The highest BCUT2D eigenvalue weighted by molar-refractivity contribution is 7.22. The van der Waals surface area contributed by atoms with Crippen LogP contribution < -0.4 is 5.32 Å². The molecule has 2 heterocycles. The summed E-state index contributed by atoms with van der Waals surface area (Å²) in [5, 5.41) is 3.09. The number of carbonyl (C=O) groups excluding carboxylic acids is 3. The fraction of sp³-hybridized carbons (Fsp3) is 0.231. The van der Waals surface area contributed by atoms with Crippen molar-refractivity contribution in [2.45, 2.75) is 12.8 Å². The number of carbonyl (C=O) groups is 3. The number of amides is 3. The van der Waals surface area contributed by atoms with E-state index in [2.05, 4.69) is 10.3 Å². The number of likely N-dealkylation sites (tertiary alicyclic amines) is 1. The van der Waals surface area contributed by atoms with Crippen LogP contribution in [0.4, 0.5) is 5.13 Å². The number of fused-ring (bicyclic) bond motifs is 1. The van der Waals surface area contributed by atoms with Crippen molar-refractivity contribution in [1.82, 2.24) is 9.88 Å². The molecule has 102 valence electrons. The van der Waals surface area contributed by atoms with Crippen molar-refractivity contribution in [1.29, 1.82) is 0 Å². The van der Waals surface area contributed by atoms with E-state index < -0.39 is 5.91 Å². The van der Waals surface area contributed by atoms with Gasteiger partial charge < -0.3 is 5.32 Å². The van der Waals surface area contributed by atoms with E-state index in [1.165, 1.54) is 11.3 Å². The summed E-state index contributed by atoms with van der Waals surface area (Å²) in [7, 11) is 0. The van der Waals surface area contributed by atoms with Gasteiger partial charge in [-0.2, -0.15) is 0 Å². The Kier molecular flexibility index (Phi) is 3.19. The molecule has 20 heavy (non-hydrogen) atoms. The summed E-state index contributed by atoms with van der Waals surface area (Å²) in [5.41, 5.74) is 0.807. The first-order valence-electron chi connectivity index (χ1n) is 6.12. The average molecular weight is 289 g/mol. The number of thiazole rings is 1. The molecule has 1 aliphatic heterocycles. The number of imide groups is 1. The first kappa shape index (κ1) is 12.7. The molecule has 0 unspecified atom stereocenters. The lowest BCUT2D eigenvalue weighted by atomic mass is 10.3. The molecule has 1 aromatic carbocycles. The van der Waals surface area contributed by atoms with Gasteiger partial charge in [0.25, 0.3) is 0 Å². The van der Waals surface area contributed by atoms with Gasteiger partial charge in [-0.15, -0.1) is 0 Å². The number of hydrogen-bond donors (Lipinski definition) is 1. The second kappa shape index (κ2) is 5.01. The Morgan fingerprint density at radius 3 is 2.65 bits per heavy atom. The van der Waals surface area contributed by atoms with Crippen molar-refractivity contribution >= 4 is 44.4 Å². The average Bonchev–Trinajstić information content (AvgIpc) is 2.96. The zero-order valence-electron chi connectivity index (χ0n) is 10.5. The van der Waals surface area contributed by atoms with E-state index in [1.54, 1.807) is 0 Å². The number of hydrogen-bond acceptors (Lipinski definition) is 5. The van der Waals surface area contributed by atoms with Crippen LogP contribution >= 0.6 is 11.3 Å². The second-order valence-corrected chi connectivity index (χ2v) is 5.44. The molecule has 0 atom stereocenters. The zero-order chi connectivity index (χ0) is 14.1.